The number of amides is 4. The predicted molar refractivity (Wildman–Crippen MR) is 241 cm³/mol. The first-order valence-electron chi connectivity index (χ1n) is 22.7. The van der Waals surface area contributed by atoms with Crippen molar-refractivity contribution in [2.45, 2.75) is 77.2 Å². The van der Waals surface area contributed by atoms with Crippen molar-refractivity contribution in [3.63, 3.8) is 0 Å². The lowest BCUT2D eigenvalue weighted by Crippen LogP contribution is -2.55. The van der Waals surface area contributed by atoms with E-state index < -0.39 is 29.7 Å². The van der Waals surface area contributed by atoms with Gasteiger partial charge in [0, 0.05) is 69.5 Å². The van der Waals surface area contributed by atoms with E-state index in [1.54, 1.807) is 40.5 Å². The van der Waals surface area contributed by atoms with Gasteiger partial charge in [-0.15, -0.1) is 0 Å². The maximum atomic E-state index is 13.1. The van der Waals surface area contributed by atoms with Crippen LogP contribution in [0.3, 0.4) is 0 Å². The van der Waals surface area contributed by atoms with E-state index >= 15 is 0 Å². The van der Waals surface area contributed by atoms with E-state index in [4.69, 9.17) is 4.74 Å². The lowest BCUT2D eigenvalue weighted by Gasteiger charge is -2.40. The third kappa shape index (κ3) is 9.44. The smallest absolute Gasteiger partial charge is 0.254 e. The van der Waals surface area contributed by atoms with Crippen LogP contribution in [0.25, 0.3) is 5.57 Å². The number of ether oxygens (including phenoxy) is 1. The van der Waals surface area contributed by atoms with Crippen molar-refractivity contribution in [2.24, 2.45) is 11.8 Å². The predicted octanol–water partition coefficient (Wildman–Crippen LogP) is 7.11. The molecule has 2 N–H and O–H groups in total. The maximum Gasteiger partial charge on any atom is 0.254 e. The quantitative estimate of drug-likeness (QED) is 0.0874. The number of piperidine rings is 2. The highest BCUT2D eigenvalue weighted by Gasteiger charge is 2.40. The Balaban J connectivity index is 0.801. The summed E-state index contributed by atoms with van der Waals surface area (Å²) in [5, 5.41) is 11.8. The second-order valence-electron chi connectivity index (χ2n) is 17.5. The highest BCUT2D eigenvalue weighted by atomic mass is 16.5. The van der Waals surface area contributed by atoms with Crippen LogP contribution < -0.4 is 10.1 Å². The monoisotopic (exact) mass is 839 g/mol. The average molecular weight is 840 g/mol. The zero-order chi connectivity index (χ0) is 43.2. The Bertz CT molecular complexity index is 2160. The average Bonchev–Trinajstić information content (AvgIpc) is 3.88. The van der Waals surface area contributed by atoms with Crippen LogP contribution in [-0.2, 0) is 19.2 Å². The number of hydrogen-bond donors (Lipinski definition) is 2. The summed E-state index contributed by atoms with van der Waals surface area (Å²) >= 11 is 0. The Morgan fingerprint density at radius 1 is 0.855 bits per heavy atom. The molecule has 4 aliphatic heterocycles. The van der Waals surface area contributed by atoms with Gasteiger partial charge in [0.2, 0.25) is 11.8 Å². The number of aliphatic hydroxyl groups excluding tert-OH is 1. The van der Waals surface area contributed by atoms with Gasteiger partial charge in [-0.05, 0) is 124 Å². The van der Waals surface area contributed by atoms with E-state index in [1.165, 1.54) is 55.4 Å². The third-order valence-electron chi connectivity index (χ3n) is 14.0. The Morgan fingerprint density at radius 3 is 2.23 bits per heavy atom. The lowest BCUT2D eigenvalue weighted by molar-refractivity contribution is -0.150. The molecule has 4 bridgehead atoms. The molecule has 0 spiro atoms. The molecule has 8 rings (SSSR count). The molecule has 326 valence electrons. The van der Waals surface area contributed by atoms with Gasteiger partial charge >= 0.3 is 0 Å². The second-order valence-corrected chi connectivity index (χ2v) is 17.5. The van der Waals surface area contributed by atoms with Gasteiger partial charge < -0.3 is 14.7 Å². The number of allylic oxidation sites excluding steroid dienone is 13. The molecule has 5 fully saturated rings. The molecular formula is C51H61N5O6. The summed E-state index contributed by atoms with van der Waals surface area (Å²) in [5.41, 5.74) is 12.4. The van der Waals surface area contributed by atoms with E-state index in [1.807, 2.05) is 18.2 Å². The standard InChI is InChI=1S/C51H61N5O6/c1-3-36(7-6-31-57)49(42(4-2)50-43-17-18-44(50)39-11-10-38(43)33-39)37-12-15-41(16-13-37)62-32-30-53-24-22-35(23-25-53)34-54-26-28-55(29-27-54)40-8-5-9-47(59)56(48(60)21-14-40)45-19-20-46(58)52-51(45)61/h3,5-9,12-16,21,31,35,45,50,57H,1,4,10-11,17-20,22-30,32-34H2,2H3,(H,52,58,61)/b9-5+,21-14+,31-6+,36-7+,40-8+,49-42-. The second kappa shape index (κ2) is 19.7. The number of fused-ring (bicyclic) bond motifs is 4. The topological polar surface area (TPSA) is 123 Å². The fourth-order valence-electron chi connectivity index (χ4n) is 10.8. The van der Waals surface area contributed by atoms with Crippen molar-refractivity contribution < 1.29 is 29.0 Å². The van der Waals surface area contributed by atoms with Crippen molar-refractivity contribution in [3.8, 4) is 5.75 Å². The number of benzene rings is 1. The van der Waals surface area contributed by atoms with Crippen molar-refractivity contribution in [1.82, 2.24) is 24.9 Å². The Kier molecular flexibility index (Phi) is 13.7. The number of hydrogen-bond acceptors (Lipinski definition) is 9. The number of carbonyl (C=O) groups is 4. The first-order valence-corrected chi connectivity index (χ1v) is 22.7. The summed E-state index contributed by atoms with van der Waals surface area (Å²) in [6.07, 6.45) is 24.0. The highest BCUT2D eigenvalue weighted by Crippen LogP contribution is 2.56. The van der Waals surface area contributed by atoms with Gasteiger partial charge in [0.05, 0.1) is 6.26 Å². The van der Waals surface area contributed by atoms with Crippen LogP contribution in [0.2, 0.25) is 0 Å². The van der Waals surface area contributed by atoms with Crippen LogP contribution in [0, 0.1) is 11.8 Å². The molecule has 11 nitrogen and oxygen atoms in total. The first-order chi connectivity index (χ1) is 30.2. The molecule has 7 aliphatic rings. The van der Waals surface area contributed by atoms with E-state index in [0.29, 0.717) is 18.4 Å². The van der Waals surface area contributed by atoms with Gasteiger partial charge in [-0.3, -0.25) is 39.2 Å². The summed E-state index contributed by atoms with van der Waals surface area (Å²) in [4.78, 5) is 58.4. The summed E-state index contributed by atoms with van der Waals surface area (Å²) in [6, 6.07) is 7.57. The Hall–Kier alpha value is -5.52. The number of carbonyl (C=O) groups excluding carboxylic acids is 4. The number of rotatable bonds is 14. The third-order valence-corrected chi connectivity index (χ3v) is 14.0. The van der Waals surface area contributed by atoms with Crippen LogP contribution in [0.15, 0.2) is 125 Å². The molecule has 62 heavy (non-hydrogen) atoms. The molecule has 11 heteroatoms. The minimum atomic E-state index is -1.00. The Labute approximate surface area is 366 Å². The van der Waals surface area contributed by atoms with Gasteiger partial charge in [0.25, 0.3) is 11.8 Å². The molecule has 1 aromatic rings. The molecule has 1 aromatic carbocycles. The molecule has 1 atom stereocenters. The van der Waals surface area contributed by atoms with E-state index in [-0.39, 0.29) is 12.8 Å². The van der Waals surface area contributed by atoms with Gasteiger partial charge in [-0.25, -0.2) is 0 Å². The number of nitrogens with zero attached hydrogens (tertiary/aromatic N) is 4. The largest absolute Gasteiger partial charge is 0.516 e. The number of nitrogens with one attached hydrogen (secondary N) is 1. The van der Waals surface area contributed by atoms with Crippen LogP contribution in [0.1, 0.15) is 76.7 Å². The minimum Gasteiger partial charge on any atom is -0.516 e. The molecule has 4 heterocycles. The molecule has 1 unspecified atom stereocenters. The molecule has 2 saturated carbocycles. The van der Waals surface area contributed by atoms with Gasteiger partial charge in [0.1, 0.15) is 18.4 Å². The molecular weight excluding hydrogens is 779 g/mol. The zero-order valence-corrected chi connectivity index (χ0v) is 36.2. The summed E-state index contributed by atoms with van der Waals surface area (Å²) < 4.78 is 6.32. The fraction of sp³-hybridized carbons (Fsp3) is 0.451. The number of likely N-dealkylation sites (tertiary alicyclic amines) is 1. The van der Waals surface area contributed by atoms with Crippen LogP contribution >= 0.6 is 0 Å². The molecule has 0 aromatic heterocycles. The molecule has 4 amide bonds. The van der Waals surface area contributed by atoms with Crippen molar-refractivity contribution in [3.05, 3.63) is 130 Å². The maximum absolute atomic E-state index is 13.1. The summed E-state index contributed by atoms with van der Waals surface area (Å²) in [5.74, 6) is -0.239. The highest BCUT2D eigenvalue weighted by molar-refractivity contribution is 6.11. The number of imide groups is 2. The van der Waals surface area contributed by atoms with Crippen LogP contribution in [0.4, 0.5) is 0 Å². The number of aliphatic hydroxyl groups is 1. The van der Waals surface area contributed by atoms with Crippen molar-refractivity contribution in [1.29, 1.82) is 0 Å². The fourth-order valence-corrected chi connectivity index (χ4v) is 10.8. The summed E-state index contributed by atoms with van der Waals surface area (Å²) in [6.45, 7) is 14.6. The van der Waals surface area contributed by atoms with Crippen molar-refractivity contribution >= 4 is 29.2 Å². The van der Waals surface area contributed by atoms with Gasteiger partial charge in [-0.1, -0.05) is 71.7 Å². The Morgan fingerprint density at radius 2 is 1.56 bits per heavy atom. The van der Waals surface area contributed by atoms with Gasteiger partial charge in [-0.2, -0.15) is 0 Å². The molecule has 0 radical (unpaired) electrons. The van der Waals surface area contributed by atoms with Crippen molar-refractivity contribution in [2.75, 3.05) is 59.0 Å². The zero-order valence-electron chi connectivity index (χ0n) is 36.2. The van der Waals surface area contributed by atoms with Crippen LogP contribution in [-0.4, -0.2) is 113 Å². The normalized spacial score (nSPS) is 25.7. The first kappa shape index (κ1) is 43.1. The van der Waals surface area contributed by atoms with Crippen LogP contribution in [0.5, 0.6) is 5.75 Å². The SMILES string of the molecule is C=CC(=C\C=C\O)/C(=C(\CC)C1C2=C3CCC(=C1CC2)C3)c1ccc(OCCN2CCC(CN3CCN(C4=C/C=C/C(=O)N(C5CCC(=O)NC5=O)C(=O)\C=C\4)CC3)CC2)cc1. The minimum absolute atomic E-state index is 0.0838. The number of piperazine rings is 1. The van der Waals surface area contributed by atoms with Gasteiger partial charge in [0.15, 0.2) is 0 Å². The lowest BCUT2D eigenvalue weighted by atomic mass is 9.77. The van der Waals surface area contributed by atoms with E-state index in [2.05, 4.69) is 57.8 Å². The summed E-state index contributed by atoms with van der Waals surface area (Å²) in [7, 11) is 0. The molecule has 3 aliphatic carbocycles. The van der Waals surface area contributed by atoms with E-state index in [9.17, 15) is 24.3 Å². The molecule has 3 saturated heterocycles. The van der Waals surface area contributed by atoms with E-state index in [0.717, 1.165) is 105 Å².